The normalized spacial score (nSPS) is 10.7. The first-order valence-electron chi connectivity index (χ1n) is 4.95. The van der Waals surface area contributed by atoms with E-state index in [9.17, 15) is 0 Å². The van der Waals surface area contributed by atoms with Gasteiger partial charge >= 0.3 is 0 Å². The Morgan fingerprint density at radius 3 is 2.44 bits per heavy atom. The van der Waals surface area contributed by atoms with Crippen LogP contribution in [0.3, 0.4) is 0 Å². The molecule has 0 aliphatic carbocycles. The van der Waals surface area contributed by atoms with Gasteiger partial charge in [0.25, 0.3) is 0 Å². The summed E-state index contributed by atoms with van der Waals surface area (Å²) in [5.74, 6) is 0. The number of nitrogens with zero attached hydrogens (tertiary/aromatic N) is 3. The maximum absolute atomic E-state index is 6.08. The lowest BCUT2D eigenvalue weighted by atomic mass is 10.1. The molecule has 1 heterocycles. The zero-order valence-corrected chi connectivity index (χ0v) is 10.3. The number of aromatic nitrogens is 3. The fraction of sp³-hybridized carbons (Fsp3) is 0.273. The summed E-state index contributed by atoms with van der Waals surface area (Å²) in [4.78, 5) is 0. The van der Waals surface area contributed by atoms with Crippen molar-refractivity contribution in [3.63, 3.8) is 0 Å². The average molecular weight is 256 g/mol. The van der Waals surface area contributed by atoms with Crippen LogP contribution in [-0.2, 0) is 19.9 Å². The maximum Gasteiger partial charge on any atom is 0.0830 e. The standard InChI is InChI=1S/C11H11Cl2N3/c1-16-7-8(14-15-16)5-6-9-10(12)3-2-4-11(9)13/h2-4,7H,5-6H2,1H3. The quantitative estimate of drug-likeness (QED) is 0.845. The van der Waals surface area contributed by atoms with Crippen LogP contribution in [0, 0.1) is 0 Å². The largest absolute Gasteiger partial charge is 0.255 e. The molecule has 16 heavy (non-hydrogen) atoms. The third kappa shape index (κ3) is 2.54. The Morgan fingerprint density at radius 1 is 1.19 bits per heavy atom. The van der Waals surface area contributed by atoms with Gasteiger partial charge in [0.2, 0.25) is 0 Å². The summed E-state index contributed by atoms with van der Waals surface area (Å²) >= 11 is 12.2. The van der Waals surface area contributed by atoms with Gasteiger partial charge in [-0.1, -0.05) is 34.5 Å². The molecule has 0 atom stereocenters. The minimum Gasteiger partial charge on any atom is -0.255 e. The van der Waals surface area contributed by atoms with Crippen molar-refractivity contribution in [3.8, 4) is 0 Å². The van der Waals surface area contributed by atoms with Crippen LogP contribution in [-0.4, -0.2) is 15.0 Å². The van der Waals surface area contributed by atoms with Crippen molar-refractivity contribution in [1.29, 1.82) is 0 Å². The number of aryl methyl sites for hydroxylation is 2. The average Bonchev–Trinajstić information content (AvgIpc) is 2.63. The van der Waals surface area contributed by atoms with Crippen molar-refractivity contribution in [2.24, 2.45) is 7.05 Å². The van der Waals surface area contributed by atoms with Crippen molar-refractivity contribution in [2.45, 2.75) is 12.8 Å². The van der Waals surface area contributed by atoms with E-state index in [-0.39, 0.29) is 0 Å². The van der Waals surface area contributed by atoms with Gasteiger partial charge in [-0.05, 0) is 30.5 Å². The summed E-state index contributed by atoms with van der Waals surface area (Å²) in [5.41, 5.74) is 1.91. The Balaban J connectivity index is 2.10. The molecule has 0 aliphatic rings. The van der Waals surface area contributed by atoms with Gasteiger partial charge in [-0.2, -0.15) is 0 Å². The molecule has 2 aromatic rings. The highest BCUT2D eigenvalue weighted by Crippen LogP contribution is 2.25. The first-order chi connectivity index (χ1) is 7.66. The molecule has 1 aromatic carbocycles. The van der Waals surface area contributed by atoms with Gasteiger partial charge < -0.3 is 0 Å². The fourth-order valence-corrected chi connectivity index (χ4v) is 2.12. The van der Waals surface area contributed by atoms with E-state index in [4.69, 9.17) is 23.2 Å². The van der Waals surface area contributed by atoms with E-state index in [1.165, 1.54) is 0 Å². The van der Waals surface area contributed by atoms with Gasteiger partial charge in [0, 0.05) is 23.3 Å². The predicted octanol–water partition coefficient (Wildman–Crippen LogP) is 2.91. The number of rotatable bonds is 3. The summed E-state index contributed by atoms with van der Waals surface area (Å²) in [6.07, 6.45) is 3.46. The van der Waals surface area contributed by atoms with Crippen LogP contribution in [0.15, 0.2) is 24.4 Å². The second-order valence-corrected chi connectivity index (χ2v) is 4.40. The molecular weight excluding hydrogens is 245 g/mol. The molecule has 0 amide bonds. The molecule has 3 nitrogen and oxygen atoms in total. The van der Waals surface area contributed by atoms with Crippen LogP contribution in [0.5, 0.6) is 0 Å². The molecule has 2 rings (SSSR count). The molecule has 0 fully saturated rings. The predicted molar refractivity (Wildman–Crippen MR) is 64.9 cm³/mol. The molecule has 0 N–H and O–H groups in total. The van der Waals surface area contributed by atoms with Gasteiger partial charge in [0.05, 0.1) is 5.69 Å². The van der Waals surface area contributed by atoms with E-state index in [0.29, 0.717) is 10.0 Å². The topological polar surface area (TPSA) is 30.7 Å². The van der Waals surface area contributed by atoms with Crippen molar-refractivity contribution < 1.29 is 0 Å². The Labute approximate surface area is 104 Å². The van der Waals surface area contributed by atoms with Crippen LogP contribution >= 0.6 is 23.2 Å². The number of benzene rings is 1. The Hall–Kier alpha value is -1.06. The highest BCUT2D eigenvalue weighted by atomic mass is 35.5. The first kappa shape index (κ1) is 11.4. The highest BCUT2D eigenvalue weighted by molar-refractivity contribution is 6.35. The molecule has 0 radical (unpaired) electrons. The van der Waals surface area contributed by atoms with Crippen molar-refractivity contribution in [1.82, 2.24) is 15.0 Å². The van der Waals surface area contributed by atoms with E-state index >= 15 is 0 Å². The van der Waals surface area contributed by atoms with Crippen LogP contribution in [0.25, 0.3) is 0 Å². The van der Waals surface area contributed by atoms with Crippen LogP contribution < -0.4 is 0 Å². The second-order valence-electron chi connectivity index (χ2n) is 3.58. The zero-order valence-electron chi connectivity index (χ0n) is 8.82. The van der Waals surface area contributed by atoms with E-state index in [0.717, 1.165) is 24.1 Å². The summed E-state index contributed by atoms with van der Waals surface area (Å²) in [7, 11) is 1.85. The lowest BCUT2D eigenvalue weighted by Gasteiger charge is -2.04. The van der Waals surface area contributed by atoms with Crippen LogP contribution in [0.2, 0.25) is 10.0 Å². The lowest BCUT2D eigenvalue weighted by molar-refractivity contribution is 0.713. The lowest BCUT2D eigenvalue weighted by Crippen LogP contribution is -1.93. The molecule has 0 spiro atoms. The molecule has 0 saturated carbocycles. The third-order valence-corrected chi connectivity index (χ3v) is 3.05. The van der Waals surface area contributed by atoms with Crippen molar-refractivity contribution in [3.05, 3.63) is 45.7 Å². The SMILES string of the molecule is Cn1cc(CCc2c(Cl)cccc2Cl)nn1. The van der Waals surface area contributed by atoms with Gasteiger partial charge in [-0.15, -0.1) is 5.10 Å². The molecule has 1 aromatic heterocycles. The van der Waals surface area contributed by atoms with E-state index in [1.807, 2.05) is 31.4 Å². The summed E-state index contributed by atoms with van der Waals surface area (Å²) < 4.78 is 1.68. The van der Waals surface area contributed by atoms with Crippen LogP contribution in [0.4, 0.5) is 0 Å². The molecule has 0 bridgehead atoms. The summed E-state index contributed by atoms with van der Waals surface area (Å²) in [6.45, 7) is 0. The molecule has 0 saturated heterocycles. The van der Waals surface area contributed by atoms with Crippen molar-refractivity contribution >= 4 is 23.2 Å². The first-order valence-corrected chi connectivity index (χ1v) is 5.70. The Morgan fingerprint density at radius 2 is 1.88 bits per heavy atom. The maximum atomic E-state index is 6.08. The zero-order chi connectivity index (χ0) is 11.5. The number of hydrogen-bond acceptors (Lipinski definition) is 2. The van der Waals surface area contributed by atoms with Gasteiger partial charge in [0.1, 0.15) is 0 Å². The molecule has 0 aliphatic heterocycles. The second kappa shape index (κ2) is 4.85. The molecular formula is C11H11Cl2N3. The van der Waals surface area contributed by atoms with E-state index in [2.05, 4.69) is 10.3 Å². The Bertz CT molecular complexity index is 473. The van der Waals surface area contributed by atoms with Gasteiger partial charge in [-0.3, -0.25) is 4.68 Å². The summed E-state index contributed by atoms with van der Waals surface area (Å²) in [5, 5.41) is 9.30. The smallest absolute Gasteiger partial charge is 0.0830 e. The monoisotopic (exact) mass is 255 g/mol. The Kier molecular flexibility index (Phi) is 3.46. The van der Waals surface area contributed by atoms with Gasteiger partial charge in [-0.25, -0.2) is 0 Å². The number of hydrogen-bond donors (Lipinski definition) is 0. The highest BCUT2D eigenvalue weighted by Gasteiger charge is 2.06. The van der Waals surface area contributed by atoms with E-state index < -0.39 is 0 Å². The minimum absolute atomic E-state index is 0.705. The fourth-order valence-electron chi connectivity index (χ4n) is 1.53. The molecule has 0 unspecified atom stereocenters. The van der Waals surface area contributed by atoms with Crippen molar-refractivity contribution in [2.75, 3.05) is 0 Å². The van der Waals surface area contributed by atoms with Gasteiger partial charge in [0.15, 0.2) is 0 Å². The van der Waals surface area contributed by atoms with Crippen LogP contribution in [0.1, 0.15) is 11.3 Å². The summed E-state index contributed by atoms with van der Waals surface area (Å²) in [6, 6.07) is 5.54. The minimum atomic E-state index is 0.705. The third-order valence-electron chi connectivity index (χ3n) is 2.34. The number of halogens is 2. The van der Waals surface area contributed by atoms with E-state index in [1.54, 1.807) is 4.68 Å². The molecule has 84 valence electrons. The molecule has 5 heteroatoms.